The average Bonchev–Trinajstić information content (AvgIpc) is 2.57. The van der Waals surface area contributed by atoms with Gasteiger partial charge in [0.2, 0.25) is 0 Å². The Bertz CT molecular complexity index is 680. The van der Waals surface area contributed by atoms with Gasteiger partial charge in [-0.2, -0.15) is 0 Å². The van der Waals surface area contributed by atoms with Gasteiger partial charge in [-0.1, -0.05) is 18.2 Å². The number of carbonyl (C=O) groups excluding carboxylic acids is 1. The molecule has 0 saturated carbocycles. The molecule has 1 saturated heterocycles. The molecule has 120 valence electrons. The second-order valence-corrected chi connectivity index (χ2v) is 5.86. The number of piperazine rings is 1. The summed E-state index contributed by atoms with van der Waals surface area (Å²) in [5, 5.41) is 0. The lowest BCUT2D eigenvalue weighted by Gasteiger charge is -2.32. The number of hydrogen-bond acceptors (Lipinski definition) is 1. The molecule has 2 aromatic rings. The van der Waals surface area contributed by atoms with Crippen LogP contribution in [0.1, 0.15) is 15.9 Å². The van der Waals surface area contributed by atoms with Crippen molar-refractivity contribution in [2.75, 3.05) is 26.2 Å². The fourth-order valence-corrected chi connectivity index (χ4v) is 2.90. The third kappa shape index (κ3) is 3.93. The number of nitrogens with one attached hydrogen (secondary N) is 1. The van der Waals surface area contributed by atoms with Crippen molar-refractivity contribution in [1.29, 1.82) is 0 Å². The summed E-state index contributed by atoms with van der Waals surface area (Å²) in [5.41, 5.74) is 1.48. The molecule has 0 bridgehead atoms. The molecule has 0 atom stereocenters. The largest absolute Gasteiger partial charge is 0.328 e. The van der Waals surface area contributed by atoms with Crippen LogP contribution >= 0.6 is 0 Å². The van der Waals surface area contributed by atoms with E-state index in [1.165, 1.54) is 29.2 Å². The molecule has 0 aromatic heterocycles. The molecular weight excluding hydrogens is 298 g/mol. The summed E-state index contributed by atoms with van der Waals surface area (Å²) in [6, 6.07) is 12.3. The number of nitrogens with zero attached hydrogens (tertiary/aromatic N) is 1. The quantitative estimate of drug-likeness (QED) is 0.912. The van der Waals surface area contributed by atoms with Gasteiger partial charge in [0.15, 0.2) is 0 Å². The van der Waals surface area contributed by atoms with Crippen LogP contribution in [0.3, 0.4) is 0 Å². The molecule has 3 rings (SSSR count). The summed E-state index contributed by atoms with van der Waals surface area (Å²) in [6.07, 6.45) is 0. The smallest absolute Gasteiger partial charge is 0.254 e. The van der Waals surface area contributed by atoms with Gasteiger partial charge in [0, 0.05) is 11.1 Å². The van der Waals surface area contributed by atoms with Crippen molar-refractivity contribution in [3.8, 4) is 0 Å². The second-order valence-electron chi connectivity index (χ2n) is 5.86. The van der Waals surface area contributed by atoms with E-state index >= 15 is 0 Å². The maximum atomic E-state index is 13.2. The van der Waals surface area contributed by atoms with E-state index in [0.717, 1.165) is 25.2 Å². The minimum atomic E-state index is -0.392. The maximum Gasteiger partial charge on any atom is 0.254 e. The van der Waals surface area contributed by atoms with Crippen LogP contribution < -0.4 is 4.90 Å². The first kappa shape index (κ1) is 15.6. The van der Waals surface area contributed by atoms with Crippen molar-refractivity contribution in [3.63, 3.8) is 0 Å². The van der Waals surface area contributed by atoms with Gasteiger partial charge < -0.3 is 9.80 Å². The fourth-order valence-electron chi connectivity index (χ4n) is 2.90. The molecule has 1 aliphatic heterocycles. The Morgan fingerprint density at radius 1 is 1.00 bits per heavy atom. The molecule has 0 spiro atoms. The summed E-state index contributed by atoms with van der Waals surface area (Å²) >= 11 is 0. The molecule has 23 heavy (non-hydrogen) atoms. The first-order valence-electron chi connectivity index (χ1n) is 7.75. The third-order valence-electron chi connectivity index (χ3n) is 4.20. The van der Waals surface area contributed by atoms with E-state index in [2.05, 4.69) is 0 Å². The number of amides is 1. The summed E-state index contributed by atoms with van der Waals surface area (Å²) < 4.78 is 26.1. The van der Waals surface area contributed by atoms with E-state index in [1.54, 1.807) is 29.2 Å². The Hall–Kier alpha value is -2.27. The van der Waals surface area contributed by atoms with Gasteiger partial charge in [0.1, 0.15) is 18.2 Å². The predicted octanol–water partition coefficient (Wildman–Crippen LogP) is 1.51. The summed E-state index contributed by atoms with van der Waals surface area (Å²) in [6.45, 7) is 3.77. The molecule has 1 aliphatic rings. The van der Waals surface area contributed by atoms with Gasteiger partial charge in [-0.05, 0) is 30.3 Å². The van der Waals surface area contributed by atoms with Crippen molar-refractivity contribution in [2.24, 2.45) is 0 Å². The highest BCUT2D eigenvalue weighted by atomic mass is 19.1. The highest BCUT2D eigenvalue weighted by molar-refractivity contribution is 5.94. The van der Waals surface area contributed by atoms with Crippen molar-refractivity contribution in [3.05, 3.63) is 71.3 Å². The zero-order valence-electron chi connectivity index (χ0n) is 12.8. The average molecular weight is 317 g/mol. The lowest BCUT2D eigenvalue weighted by molar-refractivity contribution is -0.917. The summed E-state index contributed by atoms with van der Waals surface area (Å²) in [5.74, 6) is -0.740. The normalized spacial score (nSPS) is 15.7. The van der Waals surface area contributed by atoms with Crippen LogP contribution in [0.2, 0.25) is 0 Å². The molecule has 1 N–H and O–H groups in total. The van der Waals surface area contributed by atoms with Gasteiger partial charge in [0.25, 0.3) is 5.91 Å². The van der Waals surface area contributed by atoms with Crippen molar-refractivity contribution in [1.82, 2.24) is 4.90 Å². The summed E-state index contributed by atoms with van der Waals surface area (Å²) in [4.78, 5) is 15.5. The number of carbonyl (C=O) groups is 1. The maximum absolute atomic E-state index is 13.2. The Morgan fingerprint density at radius 2 is 1.70 bits per heavy atom. The van der Waals surface area contributed by atoms with Crippen LogP contribution in [0, 0.1) is 11.6 Å². The second kappa shape index (κ2) is 6.87. The number of hydrogen-bond donors (Lipinski definition) is 1. The van der Waals surface area contributed by atoms with E-state index in [4.69, 9.17) is 0 Å². The topological polar surface area (TPSA) is 24.8 Å². The highest BCUT2D eigenvalue weighted by Gasteiger charge is 2.24. The van der Waals surface area contributed by atoms with E-state index < -0.39 is 5.82 Å². The zero-order valence-corrected chi connectivity index (χ0v) is 12.8. The Balaban J connectivity index is 1.55. The van der Waals surface area contributed by atoms with Crippen molar-refractivity contribution >= 4 is 5.91 Å². The lowest BCUT2D eigenvalue weighted by Crippen LogP contribution is -3.13. The van der Waals surface area contributed by atoms with Crippen LogP contribution in [0.5, 0.6) is 0 Å². The first-order valence-corrected chi connectivity index (χ1v) is 7.75. The van der Waals surface area contributed by atoms with Gasteiger partial charge in [-0.15, -0.1) is 0 Å². The van der Waals surface area contributed by atoms with Crippen LogP contribution in [-0.4, -0.2) is 37.0 Å². The molecule has 2 aromatic carbocycles. The van der Waals surface area contributed by atoms with Crippen LogP contribution in [-0.2, 0) is 6.54 Å². The number of halogens is 2. The van der Waals surface area contributed by atoms with Crippen LogP contribution in [0.25, 0.3) is 0 Å². The van der Waals surface area contributed by atoms with Crippen molar-refractivity contribution in [2.45, 2.75) is 6.54 Å². The molecule has 0 unspecified atom stereocenters. The molecule has 0 aliphatic carbocycles. The molecule has 1 heterocycles. The molecule has 1 fully saturated rings. The Morgan fingerprint density at radius 3 is 2.35 bits per heavy atom. The van der Waals surface area contributed by atoms with Crippen molar-refractivity contribution < 1.29 is 18.5 Å². The highest BCUT2D eigenvalue weighted by Crippen LogP contribution is 2.08. The minimum Gasteiger partial charge on any atom is -0.328 e. The molecule has 3 nitrogen and oxygen atoms in total. The van der Waals surface area contributed by atoms with E-state index in [9.17, 15) is 13.6 Å². The monoisotopic (exact) mass is 317 g/mol. The summed E-state index contributed by atoms with van der Waals surface area (Å²) in [7, 11) is 0. The fraction of sp³-hybridized carbons (Fsp3) is 0.278. The van der Waals surface area contributed by atoms with Gasteiger partial charge in [-0.3, -0.25) is 4.79 Å². The first-order chi connectivity index (χ1) is 11.1. The number of quaternary nitrogens is 1. The van der Waals surface area contributed by atoms with Crippen LogP contribution in [0.15, 0.2) is 48.5 Å². The zero-order chi connectivity index (χ0) is 16.2. The van der Waals surface area contributed by atoms with Gasteiger partial charge >= 0.3 is 0 Å². The van der Waals surface area contributed by atoms with Gasteiger partial charge in [-0.25, -0.2) is 8.78 Å². The minimum absolute atomic E-state index is 0.120. The number of rotatable bonds is 3. The number of benzene rings is 2. The van der Waals surface area contributed by atoms with Gasteiger partial charge in [0.05, 0.1) is 26.2 Å². The SMILES string of the molecule is O=C(c1cccc(F)c1)N1CC[NH+](Cc2ccc(F)cc2)CC1. The molecule has 5 heteroatoms. The van der Waals surface area contributed by atoms with E-state index in [1.807, 2.05) is 0 Å². The Labute approximate surface area is 134 Å². The van der Waals surface area contributed by atoms with Crippen LogP contribution in [0.4, 0.5) is 8.78 Å². The molecule has 1 amide bonds. The lowest BCUT2D eigenvalue weighted by atomic mass is 10.1. The Kier molecular flexibility index (Phi) is 4.67. The molecule has 0 radical (unpaired) electrons. The third-order valence-corrected chi connectivity index (χ3v) is 4.20. The van der Waals surface area contributed by atoms with E-state index in [-0.39, 0.29) is 11.7 Å². The predicted molar refractivity (Wildman–Crippen MR) is 83.1 cm³/mol. The van der Waals surface area contributed by atoms with E-state index in [0.29, 0.717) is 18.7 Å². The molecular formula is C18H19F2N2O+. The standard InChI is InChI=1S/C18H18F2N2O/c19-16-6-4-14(5-7-16)13-21-8-10-22(11-9-21)18(23)15-2-1-3-17(20)12-15/h1-7,12H,8-11,13H2/p+1.